The number of aryl methyl sites for hydroxylation is 1. The van der Waals surface area contributed by atoms with Crippen molar-refractivity contribution in [1.29, 1.82) is 5.26 Å². The Labute approximate surface area is 326 Å². The van der Waals surface area contributed by atoms with Gasteiger partial charge in [-0.2, -0.15) is 5.26 Å². The fourth-order valence-corrected chi connectivity index (χ4v) is 8.70. The Morgan fingerprint density at radius 3 is 2.25 bits per heavy atom. The fourth-order valence-electron chi connectivity index (χ4n) is 8.70. The molecule has 1 aromatic heterocycles. The molecule has 0 N–H and O–H groups in total. The van der Waals surface area contributed by atoms with E-state index in [4.69, 9.17) is 18.9 Å². The van der Waals surface area contributed by atoms with Crippen LogP contribution < -0.4 is 15.0 Å². The first-order chi connectivity index (χ1) is 26.1. The number of amides is 1. The van der Waals surface area contributed by atoms with Crippen molar-refractivity contribution in [3.63, 3.8) is 0 Å². The number of hydrogen-bond donors (Lipinski definition) is 0. The van der Waals surface area contributed by atoms with Crippen molar-refractivity contribution in [1.82, 2.24) is 19.3 Å². The minimum Gasteiger partial charge on any atom is -0.496 e. The number of methoxy groups -OCH3 is 4. The van der Waals surface area contributed by atoms with Gasteiger partial charge in [0.1, 0.15) is 23.1 Å². The number of allylic oxidation sites excluding steroid dienone is 1. The Balaban J connectivity index is 1.24. The topological polar surface area (TPSA) is 110 Å². The molecule has 1 aliphatic carbocycles. The highest BCUT2D eigenvalue weighted by Gasteiger charge is 2.52. The summed E-state index contributed by atoms with van der Waals surface area (Å²) < 4.78 is 25.6. The Morgan fingerprint density at radius 1 is 0.982 bits per heavy atom. The lowest BCUT2D eigenvalue weighted by molar-refractivity contribution is -0.189. The molecule has 3 aliphatic rings. The van der Waals surface area contributed by atoms with E-state index < -0.39 is 5.72 Å². The van der Waals surface area contributed by atoms with Crippen LogP contribution in [-0.2, 0) is 46.6 Å². The molecule has 294 valence electrons. The van der Waals surface area contributed by atoms with Gasteiger partial charge in [-0.15, -0.1) is 0 Å². The van der Waals surface area contributed by atoms with Crippen LogP contribution in [0.15, 0.2) is 53.0 Å². The van der Waals surface area contributed by atoms with Crippen molar-refractivity contribution in [3.05, 3.63) is 91.9 Å². The van der Waals surface area contributed by atoms with Gasteiger partial charge in [0.2, 0.25) is 0 Å². The van der Waals surface area contributed by atoms with E-state index in [1.54, 1.807) is 51.0 Å². The summed E-state index contributed by atoms with van der Waals surface area (Å²) in [5.41, 5.74) is 6.63. The van der Waals surface area contributed by atoms with Gasteiger partial charge in [-0.1, -0.05) is 45.0 Å². The number of piperazine rings is 1. The van der Waals surface area contributed by atoms with Crippen molar-refractivity contribution >= 4 is 5.91 Å². The monoisotopic (exact) mass is 751 g/mol. The van der Waals surface area contributed by atoms with Crippen LogP contribution in [0.2, 0.25) is 0 Å². The van der Waals surface area contributed by atoms with Crippen LogP contribution in [-0.4, -0.2) is 91.9 Å². The van der Waals surface area contributed by atoms with Crippen LogP contribution in [0.4, 0.5) is 0 Å². The summed E-state index contributed by atoms with van der Waals surface area (Å²) in [4.78, 5) is 33.4. The Bertz CT molecular complexity index is 2060. The summed E-state index contributed by atoms with van der Waals surface area (Å²) in [5.74, 6) is 1.19. The molecule has 6 rings (SSSR count). The Hall–Kier alpha value is -4.47. The minimum atomic E-state index is -1.17. The molecule has 3 aromatic rings. The van der Waals surface area contributed by atoms with Gasteiger partial charge in [0.15, 0.2) is 5.72 Å². The van der Waals surface area contributed by atoms with Crippen LogP contribution >= 0.6 is 0 Å². The fraction of sp³-hybridized carbons (Fsp3) is 0.523. The number of pyridine rings is 1. The van der Waals surface area contributed by atoms with Crippen molar-refractivity contribution in [2.45, 2.75) is 78.2 Å². The number of carbonyl (C=O) groups excluding carboxylic acids is 1. The smallest absolute Gasteiger partial charge is 0.266 e. The molecule has 1 saturated carbocycles. The lowest BCUT2D eigenvalue weighted by Crippen LogP contribution is -2.58. The van der Waals surface area contributed by atoms with Gasteiger partial charge in [-0.25, -0.2) is 0 Å². The van der Waals surface area contributed by atoms with E-state index in [1.165, 1.54) is 11.1 Å². The highest BCUT2D eigenvalue weighted by molar-refractivity contribution is 5.98. The summed E-state index contributed by atoms with van der Waals surface area (Å²) in [6.45, 7) is 14.5. The molecule has 1 amide bonds. The number of carbonyl (C=O) groups is 1. The van der Waals surface area contributed by atoms with E-state index >= 15 is 0 Å². The predicted octanol–water partition coefficient (Wildman–Crippen LogP) is 5.86. The molecule has 1 unspecified atom stereocenters. The number of rotatable bonds is 11. The van der Waals surface area contributed by atoms with E-state index in [9.17, 15) is 14.9 Å². The van der Waals surface area contributed by atoms with E-state index in [1.807, 2.05) is 46.9 Å². The number of fused-ring (bicyclic) bond motifs is 1. The summed E-state index contributed by atoms with van der Waals surface area (Å²) in [6.07, 6.45) is 6.53. The third-order valence-corrected chi connectivity index (χ3v) is 11.9. The first-order valence-electron chi connectivity index (χ1n) is 19.2. The SMILES string of the molecule is COCC1(OC)c2cccc(CN3CCN(Cc4c(OC)cc(-c5cn(C)c(=O)c(C)c5C)cc4OC)CC34CC4)c2CCN1C(=O)/C(C#N)=C/C(C)(C)C. The average molecular weight is 752 g/mol. The van der Waals surface area contributed by atoms with E-state index in [-0.39, 0.29) is 34.6 Å². The third-order valence-electron chi connectivity index (χ3n) is 11.9. The highest BCUT2D eigenvalue weighted by Crippen LogP contribution is 2.47. The lowest BCUT2D eigenvalue weighted by atomic mass is 9.85. The Kier molecular flexibility index (Phi) is 11.4. The largest absolute Gasteiger partial charge is 0.496 e. The first-order valence-corrected chi connectivity index (χ1v) is 19.2. The van der Waals surface area contributed by atoms with Crippen LogP contribution in [0.3, 0.4) is 0 Å². The maximum atomic E-state index is 14.0. The maximum absolute atomic E-state index is 14.0. The minimum absolute atomic E-state index is 0.00393. The molecular weight excluding hydrogens is 695 g/mol. The van der Waals surface area contributed by atoms with Crippen LogP contribution in [0.1, 0.15) is 67.0 Å². The van der Waals surface area contributed by atoms with Crippen molar-refractivity contribution in [3.8, 4) is 28.7 Å². The van der Waals surface area contributed by atoms with E-state index in [0.29, 0.717) is 19.5 Å². The number of hydrogen-bond acceptors (Lipinski definition) is 9. The first kappa shape index (κ1) is 40.2. The molecule has 1 saturated heterocycles. The molecule has 2 aliphatic heterocycles. The second kappa shape index (κ2) is 15.6. The zero-order chi connectivity index (χ0) is 39.9. The van der Waals surface area contributed by atoms with E-state index in [2.05, 4.69) is 40.1 Å². The van der Waals surface area contributed by atoms with Crippen molar-refractivity contribution < 1.29 is 23.7 Å². The second-order valence-corrected chi connectivity index (χ2v) is 16.5. The standard InChI is InChI=1S/C44H57N5O6/c1-29-30(2)40(50)46(6)25-35(29)32-20-38(53-8)36(39(21-32)54-9)26-47-18-19-48(43(27-47)15-16-43)24-31-12-11-13-37-34(31)14-17-49(44(37,55-10)28-52-7)41(51)33(23-45)22-42(3,4)5/h11-13,20-22,25H,14-19,24,26-28H2,1-10H3/b33-22+. The molecule has 1 atom stereocenters. The van der Waals surface area contributed by atoms with E-state index in [0.717, 1.165) is 83.9 Å². The summed E-state index contributed by atoms with van der Waals surface area (Å²) in [7, 11) is 8.41. The normalized spacial score (nSPS) is 19.9. The molecule has 11 heteroatoms. The van der Waals surface area contributed by atoms with Gasteiger partial charge in [-0.05, 0) is 72.9 Å². The van der Waals surface area contributed by atoms with Crippen molar-refractivity contribution in [2.24, 2.45) is 12.5 Å². The molecule has 11 nitrogen and oxygen atoms in total. The average Bonchev–Trinajstić information content (AvgIpc) is 3.94. The van der Waals surface area contributed by atoms with Gasteiger partial charge < -0.3 is 28.4 Å². The van der Waals surface area contributed by atoms with Gasteiger partial charge in [-0.3, -0.25) is 19.4 Å². The number of nitriles is 1. The number of benzene rings is 2. The second-order valence-electron chi connectivity index (χ2n) is 16.5. The summed E-state index contributed by atoms with van der Waals surface area (Å²) in [5, 5.41) is 10.0. The molecule has 1 spiro atoms. The lowest BCUT2D eigenvalue weighted by Gasteiger charge is -2.47. The zero-order valence-corrected chi connectivity index (χ0v) is 34.3. The molecule has 2 fully saturated rings. The molecule has 3 heterocycles. The summed E-state index contributed by atoms with van der Waals surface area (Å²) in [6, 6.07) is 12.6. The van der Waals surface area contributed by atoms with Gasteiger partial charge in [0.05, 0.1) is 26.4 Å². The van der Waals surface area contributed by atoms with Crippen LogP contribution in [0.25, 0.3) is 11.1 Å². The molecule has 0 bridgehead atoms. The number of ether oxygens (including phenoxy) is 4. The molecule has 0 radical (unpaired) electrons. The quantitative estimate of drug-likeness (QED) is 0.176. The van der Waals surface area contributed by atoms with Crippen LogP contribution in [0.5, 0.6) is 11.5 Å². The maximum Gasteiger partial charge on any atom is 0.266 e. The zero-order valence-electron chi connectivity index (χ0n) is 34.3. The number of nitrogens with zero attached hydrogens (tertiary/aromatic N) is 5. The highest BCUT2D eigenvalue weighted by atomic mass is 16.5. The van der Waals surface area contributed by atoms with Crippen molar-refractivity contribution in [2.75, 3.05) is 61.2 Å². The van der Waals surface area contributed by atoms with Gasteiger partial charge in [0, 0.05) is 89.0 Å². The third kappa shape index (κ3) is 7.58. The van der Waals surface area contributed by atoms with Gasteiger partial charge in [0.25, 0.3) is 11.5 Å². The number of aromatic nitrogens is 1. The summed E-state index contributed by atoms with van der Waals surface area (Å²) >= 11 is 0. The van der Waals surface area contributed by atoms with Crippen LogP contribution in [0, 0.1) is 30.6 Å². The molecule has 55 heavy (non-hydrogen) atoms. The molecule has 2 aromatic carbocycles. The Morgan fingerprint density at radius 2 is 1.67 bits per heavy atom. The van der Waals surface area contributed by atoms with Gasteiger partial charge >= 0.3 is 0 Å². The molecular formula is C44H57N5O6. The predicted molar refractivity (Wildman–Crippen MR) is 213 cm³/mol.